The molecule has 2 heterocycles. The van der Waals surface area contributed by atoms with E-state index in [-0.39, 0.29) is 10.7 Å². The maximum atomic E-state index is 13.1. The van der Waals surface area contributed by atoms with Crippen LogP contribution in [0.25, 0.3) is 11.0 Å². The van der Waals surface area contributed by atoms with Crippen LogP contribution in [0.2, 0.25) is 0 Å². The number of benzene rings is 2. The van der Waals surface area contributed by atoms with E-state index in [1.165, 1.54) is 4.31 Å². The number of fused-ring (bicyclic) bond motifs is 1. The molecule has 1 fully saturated rings. The van der Waals surface area contributed by atoms with Crippen molar-refractivity contribution in [2.75, 3.05) is 18.4 Å². The Hall–Kier alpha value is -2.64. The van der Waals surface area contributed by atoms with Gasteiger partial charge in [-0.25, -0.2) is 8.42 Å². The number of amides is 1. The van der Waals surface area contributed by atoms with Crippen LogP contribution in [0.4, 0.5) is 5.69 Å². The van der Waals surface area contributed by atoms with Gasteiger partial charge in [-0.15, -0.1) is 0 Å². The zero-order valence-corrected chi connectivity index (χ0v) is 18.3. The molecule has 0 atom stereocenters. The van der Waals surface area contributed by atoms with E-state index >= 15 is 0 Å². The predicted octanol–water partition coefficient (Wildman–Crippen LogP) is 4.78. The van der Waals surface area contributed by atoms with Crippen LogP contribution < -0.4 is 5.32 Å². The Morgan fingerprint density at radius 2 is 1.73 bits per heavy atom. The smallest absolute Gasteiger partial charge is 0.291 e. The summed E-state index contributed by atoms with van der Waals surface area (Å²) in [5.41, 5.74) is 3.56. The van der Waals surface area contributed by atoms with Crippen molar-refractivity contribution in [3.63, 3.8) is 0 Å². The van der Waals surface area contributed by atoms with Gasteiger partial charge in [0, 0.05) is 29.7 Å². The second kappa shape index (κ2) is 7.89. The average molecular weight is 427 g/mol. The zero-order valence-electron chi connectivity index (χ0n) is 17.5. The monoisotopic (exact) mass is 426 g/mol. The van der Waals surface area contributed by atoms with Crippen LogP contribution in [-0.4, -0.2) is 31.7 Å². The van der Waals surface area contributed by atoms with Gasteiger partial charge in [-0.2, -0.15) is 4.31 Å². The first-order valence-electron chi connectivity index (χ1n) is 10.2. The highest BCUT2D eigenvalue weighted by molar-refractivity contribution is 7.89. The van der Waals surface area contributed by atoms with Crippen LogP contribution in [0.3, 0.4) is 0 Å². The SMILES string of the molecule is Cc1ccc2c(C)c(C(=O)Nc3ccc(C)c(S(=O)(=O)N4CCCCC4)c3)oc2c1. The molecule has 2 aromatic carbocycles. The fourth-order valence-electron chi connectivity index (χ4n) is 3.94. The molecule has 0 spiro atoms. The highest BCUT2D eigenvalue weighted by atomic mass is 32.2. The van der Waals surface area contributed by atoms with E-state index in [0.717, 1.165) is 35.8 Å². The second-order valence-corrected chi connectivity index (χ2v) is 9.86. The van der Waals surface area contributed by atoms with Gasteiger partial charge in [0.1, 0.15) is 5.58 Å². The number of nitrogens with one attached hydrogen (secondary N) is 1. The molecule has 1 aliphatic rings. The minimum absolute atomic E-state index is 0.233. The van der Waals surface area contributed by atoms with Crippen molar-refractivity contribution in [1.29, 1.82) is 0 Å². The lowest BCUT2D eigenvalue weighted by atomic mass is 10.1. The first kappa shape index (κ1) is 20.6. The molecule has 0 radical (unpaired) electrons. The van der Waals surface area contributed by atoms with Gasteiger partial charge in [0.15, 0.2) is 5.76 Å². The molecule has 0 aliphatic carbocycles. The third-order valence-corrected chi connectivity index (χ3v) is 7.72. The Labute approximate surface area is 176 Å². The summed E-state index contributed by atoms with van der Waals surface area (Å²) in [5, 5.41) is 3.69. The summed E-state index contributed by atoms with van der Waals surface area (Å²) in [5.74, 6) is -0.164. The van der Waals surface area contributed by atoms with E-state index in [9.17, 15) is 13.2 Å². The van der Waals surface area contributed by atoms with Crippen molar-refractivity contribution < 1.29 is 17.6 Å². The Morgan fingerprint density at radius 3 is 2.47 bits per heavy atom. The van der Waals surface area contributed by atoms with Crippen LogP contribution in [0.1, 0.15) is 46.5 Å². The maximum absolute atomic E-state index is 13.1. The number of nitrogens with zero attached hydrogens (tertiary/aromatic N) is 1. The van der Waals surface area contributed by atoms with E-state index in [4.69, 9.17) is 4.42 Å². The lowest BCUT2D eigenvalue weighted by molar-refractivity contribution is 0.0998. The van der Waals surface area contributed by atoms with Crippen LogP contribution in [0.15, 0.2) is 45.7 Å². The number of piperidine rings is 1. The van der Waals surface area contributed by atoms with Gasteiger partial charge in [-0.05, 0) is 62.9 Å². The van der Waals surface area contributed by atoms with Crippen molar-refractivity contribution in [3.05, 3.63) is 58.8 Å². The number of hydrogen-bond acceptors (Lipinski definition) is 4. The molecule has 0 bridgehead atoms. The highest BCUT2D eigenvalue weighted by Gasteiger charge is 2.28. The fourth-order valence-corrected chi connectivity index (χ4v) is 5.71. The third kappa shape index (κ3) is 3.75. The van der Waals surface area contributed by atoms with E-state index in [1.807, 2.05) is 32.0 Å². The number of rotatable bonds is 4. The predicted molar refractivity (Wildman–Crippen MR) is 117 cm³/mol. The summed E-state index contributed by atoms with van der Waals surface area (Å²) >= 11 is 0. The molecule has 1 N–H and O–H groups in total. The number of aryl methyl sites for hydroxylation is 3. The summed E-state index contributed by atoms with van der Waals surface area (Å²) < 4.78 is 33.6. The first-order valence-corrected chi connectivity index (χ1v) is 11.6. The lowest BCUT2D eigenvalue weighted by Crippen LogP contribution is -2.36. The molecule has 1 amide bonds. The number of carbonyl (C=O) groups is 1. The molecule has 6 nitrogen and oxygen atoms in total. The van der Waals surface area contributed by atoms with E-state index in [2.05, 4.69) is 5.32 Å². The van der Waals surface area contributed by atoms with Crippen LogP contribution >= 0.6 is 0 Å². The van der Waals surface area contributed by atoms with Crippen molar-refractivity contribution in [3.8, 4) is 0 Å². The minimum Gasteiger partial charge on any atom is -0.451 e. The molecule has 1 aromatic heterocycles. The van der Waals surface area contributed by atoms with Gasteiger partial charge in [0.2, 0.25) is 10.0 Å². The molecule has 3 aromatic rings. The Kier molecular flexibility index (Phi) is 5.42. The molecular formula is C23H26N2O4S. The van der Waals surface area contributed by atoms with Crippen molar-refractivity contribution in [2.45, 2.75) is 44.9 Å². The summed E-state index contributed by atoms with van der Waals surface area (Å²) in [7, 11) is -3.59. The minimum atomic E-state index is -3.59. The van der Waals surface area contributed by atoms with E-state index < -0.39 is 15.9 Å². The summed E-state index contributed by atoms with van der Waals surface area (Å²) in [6, 6.07) is 10.8. The molecule has 4 rings (SSSR count). The molecule has 30 heavy (non-hydrogen) atoms. The van der Waals surface area contributed by atoms with Gasteiger partial charge in [-0.3, -0.25) is 4.79 Å². The Morgan fingerprint density at radius 1 is 1.00 bits per heavy atom. The normalized spacial score (nSPS) is 15.4. The molecule has 1 aliphatic heterocycles. The van der Waals surface area contributed by atoms with Gasteiger partial charge in [-0.1, -0.05) is 24.6 Å². The first-order chi connectivity index (χ1) is 14.3. The maximum Gasteiger partial charge on any atom is 0.291 e. The molecule has 0 saturated carbocycles. The third-order valence-electron chi connectivity index (χ3n) is 5.68. The lowest BCUT2D eigenvalue weighted by Gasteiger charge is -2.26. The van der Waals surface area contributed by atoms with Crippen molar-refractivity contribution in [1.82, 2.24) is 4.31 Å². The van der Waals surface area contributed by atoms with Crippen molar-refractivity contribution in [2.24, 2.45) is 0 Å². The number of carbonyl (C=O) groups excluding carboxylic acids is 1. The summed E-state index contributed by atoms with van der Waals surface area (Å²) in [6.07, 6.45) is 2.80. The molecular weight excluding hydrogens is 400 g/mol. The fraction of sp³-hybridized carbons (Fsp3) is 0.348. The van der Waals surface area contributed by atoms with E-state index in [1.54, 1.807) is 25.1 Å². The van der Waals surface area contributed by atoms with Crippen LogP contribution in [-0.2, 0) is 10.0 Å². The standard InChI is InChI=1S/C23H26N2O4S/c1-15-7-10-19-17(3)22(29-20(19)13-15)23(26)24-18-9-8-16(2)21(14-18)30(27,28)25-11-5-4-6-12-25/h7-10,13-14H,4-6,11-12H2,1-3H3,(H,24,26). The largest absolute Gasteiger partial charge is 0.451 e. The number of furan rings is 1. The zero-order chi connectivity index (χ0) is 21.5. The number of sulfonamides is 1. The second-order valence-electron chi connectivity index (χ2n) is 7.95. The molecule has 1 saturated heterocycles. The summed E-state index contributed by atoms with van der Waals surface area (Å²) in [4.78, 5) is 13.1. The highest BCUT2D eigenvalue weighted by Crippen LogP contribution is 2.29. The topological polar surface area (TPSA) is 79.6 Å². The average Bonchev–Trinajstić information content (AvgIpc) is 3.05. The van der Waals surface area contributed by atoms with Gasteiger partial charge in [0.05, 0.1) is 4.90 Å². The Balaban J connectivity index is 1.63. The van der Waals surface area contributed by atoms with Crippen molar-refractivity contribution >= 4 is 32.6 Å². The van der Waals surface area contributed by atoms with Gasteiger partial charge < -0.3 is 9.73 Å². The summed E-state index contributed by atoms with van der Waals surface area (Å²) in [6.45, 7) is 6.66. The van der Waals surface area contributed by atoms with Crippen LogP contribution in [0.5, 0.6) is 0 Å². The van der Waals surface area contributed by atoms with Gasteiger partial charge in [0.25, 0.3) is 5.91 Å². The van der Waals surface area contributed by atoms with E-state index in [0.29, 0.717) is 29.9 Å². The van der Waals surface area contributed by atoms with Gasteiger partial charge >= 0.3 is 0 Å². The molecule has 7 heteroatoms. The Bertz CT molecular complexity index is 1220. The molecule has 158 valence electrons. The number of anilines is 1. The molecule has 0 unspecified atom stereocenters. The number of hydrogen-bond donors (Lipinski definition) is 1. The quantitative estimate of drug-likeness (QED) is 0.651. The van der Waals surface area contributed by atoms with Crippen LogP contribution in [0, 0.1) is 20.8 Å².